The van der Waals surface area contributed by atoms with E-state index >= 15 is 0 Å². The van der Waals surface area contributed by atoms with E-state index in [1.807, 2.05) is 17.5 Å². The largest absolute Gasteiger partial charge is 0.433 e. The van der Waals surface area contributed by atoms with Crippen molar-refractivity contribution in [2.24, 2.45) is 0 Å². The molecule has 1 aliphatic rings. The molecule has 0 amide bonds. The van der Waals surface area contributed by atoms with Gasteiger partial charge in [0.2, 0.25) is 5.95 Å². The van der Waals surface area contributed by atoms with Crippen LogP contribution in [0.5, 0.6) is 0 Å². The molecule has 0 spiro atoms. The molecule has 1 aliphatic heterocycles. The molecule has 2 aromatic heterocycles. The summed E-state index contributed by atoms with van der Waals surface area (Å²) < 4.78 is 45.3. The van der Waals surface area contributed by atoms with Crippen LogP contribution in [-0.2, 0) is 10.9 Å². The van der Waals surface area contributed by atoms with Crippen LogP contribution in [0, 0.1) is 0 Å². The molecule has 1 saturated heterocycles. The van der Waals surface area contributed by atoms with E-state index in [4.69, 9.17) is 4.74 Å². The van der Waals surface area contributed by atoms with Gasteiger partial charge in [0, 0.05) is 38.0 Å². The fourth-order valence-corrected chi connectivity index (χ4v) is 3.62. The monoisotopic (exact) mass is 402 g/mol. The molecule has 148 valence electrons. The number of hydrogen-bond acceptors (Lipinski definition) is 7. The zero-order chi connectivity index (χ0) is 19.6. The Morgan fingerprint density at radius 1 is 1.41 bits per heavy atom. The lowest BCUT2D eigenvalue weighted by Crippen LogP contribution is -2.47. The summed E-state index contributed by atoms with van der Waals surface area (Å²) >= 11 is 1.43. The number of hydrogen-bond donors (Lipinski definition) is 1. The molecule has 0 aliphatic carbocycles. The summed E-state index contributed by atoms with van der Waals surface area (Å²) in [6, 6.07) is 4.28. The van der Waals surface area contributed by atoms with Crippen molar-refractivity contribution in [1.29, 1.82) is 0 Å². The fourth-order valence-electron chi connectivity index (χ4n) is 2.89. The summed E-state index contributed by atoms with van der Waals surface area (Å²) in [6.45, 7) is 1.01. The van der Waals surface area contributed by atoms with Crippen molar-refractivity contribution in [2.75, 3.05) is 43.7 Å². The Bertz CT molecular complexity index is 755. The maximum Gasteiger partial charge on any atom is 0.433 e. The van der Waals surface area contributed by atoms with E-state index in [-0.39, 0.29) is 17.8 Å². The number of halogens is 3. The highest BCUT2D eigenvalue weighted by molar-refractivity contribution is 7.10. The molecule has 0 radical (unpaired) electrons. The lowest BCUT2D eigenvalue weighted by Gasteiger charge is -2.37. The average Bonchev–Trinajstić information content (AvgIpc) is 3.16. The Labute approximate surface area is 159 Å². The number of anilines is 2. The van der Waals surface area contributed by atoms with Crippen LogP contribution < -0.4 is 9.80 Å². The Morgan fingerprint density at radius 2 is 2.19 bits per heavy atom. The predicted octanol–water partition coefficient (Wildman–Crippen LogP) is 2.95. The standard InChI is InChI=1S/C17H21F3N4O2S/c1-23(2)15-9-14(17(18,19)20)21-16(22-15)24-5-6-26-10-11(24)8-12(25)13-4-3-7-27-13/h3-4,7,9,11-12,25H,5-6,8,10H2,1-2H3. The van der Waals surface area contributed by atoms with Crippen LogP contribution in [0.15, 0.2) is 23.6 Å². The summed E-state index contributed by atoms with van der Waals surface area (Å²) in [7, 11) is 3.26. The Hall–Kier alpha value is -1.91. The van der Waals surface area contributed by atoms with Crippen molar-refractivity contribution < 1.29 is 23.0 Å². The van der Waals surface area contributed by atoms with E-state index in [9.17, 15) is 18.3 Å². The highest BCUT2D eigenvalue weighted by Gasteiger charge is 2.36. The molecular weight excluding hydrogens is 381 g/mol. The van der Waals surface area contributed by atoms with Crippen LogP contribution >= 0.6 is 11.3 Å². The van der Waals surface area contributed by atoms with Crippen LogP contribution in [0.2, 0.25) is 0 Å². The van der Waals surface area contributed by atoms with Gasteiger partial charge in [-0.05, 0) is 11.4 Å². The number of ether oxygens (including phenoxy) is 1. The van der Waals surface area contributed by atoms with Crippen molar-refractivity contribution in [1.82, 2.24) is 9.97 Å². The third-order valence-electron chi connectivity index (χ3n) is 4.30. The molecule has 10 heteroatoms. The number of rotatable bonds is 5. The molecule has 1 fully saturated rings. The van der Waals surface area contributed by atoms with Crippen molar-refractivity contribution in [3.63, 3.8) is 0 Å². The van der Waals surface area contributed by atoms with Gasteiger partial charge in [0.05, 0.1) is 25.4 Å². The third-order valence-corrected chi connectivity index (χ3v) is 5.27. The topological polar surface area (TPSA) is 61.7 Å². The predicted molar refractivity (Wildman–Crippen MR) is 97.2 cm³/mol. The van der Waals surface area contributed by atoms with Crippen molar-refractivity contribution >= 4 is 23.1 Å². The minimum Gasteiger partial charge on any atom is -0.387 e. The molecule has 6 nitrogen and oxygen atoms in total. The molecule has 3 rings (SSSR count). The number of aliphatic hydroxyl groups is 1. The second-order valence-corrected chi connectivity index (χ2v) is 7.47. The molecule has 0 saturated carbocycles. The lowest BCUT2D eigenvalue weighted by molar-refractivity contribution is -0.141. The first-order valence-electron chi connectivity index (χ1n) is 8.45. The molecular formula is C17H21F3N4O2S. The van der Waals surface area contributed by atoms with E-state index < -0.39 is 18.0 Å². The zero-order valence-corrected chi connectivity index (χ0v) is 15.8. The first kappa shape index (κ1) is 19.8. The number of thiophene rings is 1. The quantitative estimate of drug-likeness (QED) is 0.830. The number of aromatic nitrogens is 2. The van der Waals surface area contributed by atoms with Gasteiger partial charge in [-0.3, -0.25) is 0 Å². The van der Waals surface area contributed by atoms with E-state index in [1.165, 1.54) is 16.2 Å². The second-order valence-electron chi connectivity index (χ2n) is 6.49. The minimum atomic E-state index is -4.57. The summed E-state index contributed by atoms with van der Waals surface area (Å²) in [5.74, 6) is 0.177. The molecule has 1 N–H and O–H groups in total. The smallest absolute Gasteiger partial charge is 0.387 e. The first-order chi connectivity index (χ1) is 12.8. The first-order valence-corrected chi connectivity index (χ1v) is 9.33. The number of morpholine rings is 1. The molecule has 3 heterocycles. The Balaban J connectivity index is 1.90. The zero-order valence-electron chi connectivity index (χ0n) is 15.0. The van der Waals surface area contributed by atoms with E-state index in [2.05, 4.69) is 9.97 Å². The van der Waals surface area contributed by atoms with Gasteiger partial charge in [0.15, 0.2) is 5.69 Å². The summed E-state index contributed by atoms with van der Waals surface area (Å²) in [6.07, 6.45) is -4.98. The summed E-state index contributed by atoms with van der Waals surface area (Å²) in [5, 5.41) is 12.3. The minimum absolute atomic E-state index is 0.000189. The van der Waals surface area contributed by atoms with Crippen LogP contribution in [-0.4, -0.2) is 55.0 Å². The molecule has 2 aromatic rings. The third kappa shape index (κ3) is 4.69. The molecule has 0 bridgehead atoms. The SMILES string of the molecule is CN(C)c1cc(C(F)(F)F)nc(N2CCOCC2CC(O)c2cccs2)n1. The Morgan fingerprint density at radius 3 is 2.81 bits per heavy atom. The van der Waals surface area contributed by atoms with E-state index in [0.717, 1.165) is 10.9 Å². The van der Waals surface area contributed by atoms with Gasteiger partial charge in [-0.1, -0.05) is 6.07 Å². The van der Waals surface area contributed by atoms with Crippen LogP contribution in [0.3, 0.4) is 0 Å². The average molecular weight is 402 g/mol. The van der Waals surface area contributed by atoms with Gasteiger partial charge in [-0.2, -0.15) is 18.2 Å². The van der Waals surface area contributed by atoms with Crippen LogP contribution in [0.4, 0.5) is 24.9 Å². The fraction of sp³-hybridized carbons (Fsp3) is 0.529. The highest BCUT2D eigenvalue weighted by Crippen LogP contribution is 2.33. The lowest BCUT2D eigenvalue weighted by atomic mass is 10.1. The van der Waals surface area contributed by atoms with Gasteiger partial charge in [0.1, 0.15) is 5.82 Å². The molecule has 2 unspecified atom stereocenters. The van der Waals surface area contributed by atoms with E-state index in [1.54, 1.807) is 19.0 Å². The molecule has 27 heavy (non-hydrogen) atoms. The van der Waals surface area contributed by atoms with Crippen LogP contribution in [0.1, 0.15) is 23.1 Å². The normalized spacial score (nSPS) is 19.2. The molecule has 2 atom stereocenters. The maximum atomic E-state index is 13.3. The van der Waals surface area contributed by atoms with Gasteiger partial charge >= 0.3 is 6.18 Å². The number of aliphatic hydroxyl groups excluding tert-OH is 1. The van der Waals surface area contributed by atoms with Gasteiger partial charge < -0.3 is 19.6 Å². The second kappa shape index (κ2) is 7.99. The number of nitrogens with zero attached hydrogens (tertiary/aromatic N) is 4. The van der Waals surface area contributed by atoms with Crippen molar-refractivity contribution in [3.05, 3.63) is 34.2 Å². The summed E-state index contributed by atoms with van der Waals surface area (Å²) in [5.41, 5.74) is -0.986. The maximum absolute atomic E-state index is 13.3. The van der Waals surface area contributed by atoms with Gasteiger partial charge in [-0.25, -0.2) is 4.98 Å². The van der Waals surface area contributed by atoms with Gasteiger partial charge in [-0.15, -0.1) is 11.3 Å². The van der Waals surface area contributed by atoms with Crippen molar-refractivity contribution in [2.45, 2.75) is 24.7 Å². The van der Waals surface area contributed by atoms with Crippen molar-refractivity contribution in [3.8, 4) is 0 Å². The van der Waals surface area contributed by atoms with Crippen LogP contribution in [0.25, 0.3) is 0 Å². The Kier molecular flexibility index (Phi) is 5.87. The van der Waals surface area contributed by atoms with E-state index in [0.29, 0.717) is 26.2 Å². The molecule has 0 aromatic carbocycles. The number of alkyl halides is 3. The summed E-state index contributed by atoms with van der Waals surface area (Å²) in [4.78, 5) is 12.1. The van der Waals surface area contributed by atoms with Gasteiger partial charge in [0.25, 0.3) is 0 Å². The highest BCUT2D eigenvalue weighted by atomic mass is 32.1.